The molecule has 0 fully saturated rings. The van der Waals surface area contributed by atoms with Crippen molar-refractivity contribution in [2.75, 3.05) is 0 Å². The Balaban J connectivity index is 1.81. The highest BCUT2D eigenvalue weighted by Gasteiger charge is 2.23. The normalized spacial score (nSPS) is 14.9. The third kappa shape index (κ3) is 5.29. The van der Waals surface area contributed by atoms with Gasteiger partial charge in [-0.2, -0.15) is 4.99 Å². The number of amidine groups is 1. The van der Waals surface area contributed by atoms with Gasteiger partial charge in [0.25, 0.3) is 5.91 Å². The molecule has 9 heteroatoms. The average Bonchev–Trinajstić information content (AvgIpc) is 2.94. The van der Waals surface area contributed by atoms with Crippen LogP contribution in [0.25, 0.3) is 6.08 Å². The molecule has 1 N–H and O–H groups in total. The molecule has 2 aromatic carbocycles. The molecule has 0 aromatic heterocycles. The number of ether oxygens (including phenoxy) is 1. The van der Waals surface area contributed by atoms with Crippen molar-refractivity contribution in [1.29, 1.82) is 0 Å². The monoisotopic (exact) mass is 454 g/mol. The lowest BCUT2D eigenvalue weighted by Gasteiger charge is -2.11. The number of benzene rings is 2. The van der Waals surface area contributed by atoms with Gasteiger partial charge in [-0.3, -0.25) is 9.59 Å². The van der Waals surface area contributed by atoms with Gasteiger partial charge in [0.2, 0.25) is 5.91 Å². The van der Waals surface area contributed by atoms with E-state index in [1.807, 2.05) is 0 Å². The largest absolute Gasteiger partial charge is 0.488 e. The van der Waals surface area contributed by atoms with Gasteiger partial charge in [0.1, 0.15) is 12.4 Å². The first-order chi connectivity index (χ1) is 13.3. The third-order valence-electron chi connectivity index (χ3n) is 3.56. The average molecular weight is 456 g/mol. The Kier molecular flexibility index (Phi) is 6.67. The van der Waals surface area contributed by atoms with Gasteiger partial charge in [-0.25, -0.2) is 0 Å². The second-order valence-electron chi connectivity index (χ2n) is 5.72. The highest BCUT2D eigenvalue weighted by atomic mass is 35.5. The van der Waals surface area contributed by atoms with Gasteiger partial charge < -0.3 is 10.1 Å². The van der Waals surface area contributed by atoms with Gasteiger partial charge in [-0.1, -0.05) is 40.9 Å². The summed E-state index contributed by atoms with van der Waals surface area (Å²) in [6.07, 6.45) is 1.62. The fourth-order valence-corrected chi connectivity index (χ4v) is 3.81. The molecule has 0 saturated carbocycles. The third-order valence-corrected chi connectivity index (χ3v) is 5.28. The van der Waals surface area contributed by atoms with Crippen molar-refractivity contribution in [3.63, 3.8) is 0 Å². The number of amides is 2. The molecule has 1 aliphatic heterocycles. The summed E-state index contributed by atoms with van der Waals surface area (Å²) in [6, 6.07) is 10.2. The molecule has 3 rings (SSSR count). The number of halogens is 3. The molecule has 0 saturated heterocycles. The zero-order chi connectivity index (χ0) is 20.3. The van der Waals surface area contributed by atoms with Gasteiger partial charge >= 0.3 is 0 Å². The molecule has 0 spiro atoms. The highest BCUT2D eigenvalue weighted by Crippen LogP contribution is 2.32. The molecule has 2 amide bonds. The van der Waals surface area contributed by atoms with Crippen LogP contribution in [-0.4, -0.2) is 17.0 Å². The first-order valence-electron chi connectivity index (χ1n) is 7.98. The van der Waals surface area contributed by atoms with Crippen LogP contribution in [0.15, 0.2) is 46.3 Å². The number of hydrogen-bond donors (Lipinski definition) is 1. The van der Waals surface area contributed by atoms with E-state index in [9.17, 15) is 9.59 Å². The van der Waals surface area contributed by atoms with E-state index in [0.29, 0.717) is 31.3 Å². The molecular formula is C19H13Cl3N2O3S. The zero-order valence-corrected chi connectivity index (χ0v) is 17.5. The number of nitrogens with one attached hydrogen (secondary N) is 1. The Morgan fingerprint density at radius 3 is 2.61 bits per heavy atom. The first kappa shape index (κ1) is 20.7. The molecule has 1 aliphatic rings. The molecule has 0 atom stereocenters. The molecule has 0 radical (unpaired) electrons. The number of aliphatic imine (C=N–C) groups is 1. The SMILES string of the molecule is CC(=O)NC1=NC(=O)C(=Cc2cc(Cl)ccc2OCc2ccc(Cl)cc2Cl)S1. The Hall–Kier alpha value is -1.99. The number of rotatable bonds is 4. The minimum atomic E-state index is -0.444. The summed E-state index contributed by atoms with van der Waals surface area (Å²) in [6.45, 7) is 1.56. The summed E-state index contributed by atoms with van der Waals surface area (Å²) in [5, 5.41) is 4.26. The first-order valence-corrected chi connectivity index (χ1v) is 9.93. The van der Waals surface area contributed by atoms with Crippen molar-refractivity contribution in [3.05, 3.63) is 67.5 Å². The molecule has 5 nitrogen and oxygen atoms in total. The van der Waals surface area contributed by atoms with Crippen LogP contribution in [0.3, 0.4) is 0 Å². The number of carbonyl (C=O) groups excluding carboxylic acids is 2. The molecule has 2 aromatic rings. The number of thioether (sulfide) groups is 1. The standard InChI is InChI=1S/C19H13Cl3N2O3S/c1-10(25)23-19-24-18(26)17(28-19)7-12-6-13(20)4-5-16(12)27-9-11-2-3-14(21)8-15(11)22/h2-8H,9H2,1H3,(H,23,24,25,26). The fourth-order valence-electron chi connectivity index (χ4n) is 2.31. The summed E-state index contributed by atoms with van der Waals surface area (Å²) in [5.74, 6) is -0.225. The minimum absolute atomic E-state index is 0.211. The topological polar surface area (TPSA) is 67.8 Å². The van der Waals surface area contributed by atoms with E-state index in [-0.39, 0.29) is 17.7 Å². The van der Waals surface area contributed by atoms with Gasteiger partial charge in [0.05, 0.1) is 4.91 Å². The highest BCUT2D eigenvalue weighted by molar-refractivity contribution is 8.18. The summed E-state index contributed by atoms with van der Waals surface area (Å²) in [7, 11) is 0. The van der Waals surface area contributed by atoms with Crippen molar-refractivity contribution in [2.45, 2.75) is 13.5 Å². The molecule has 28 heavy (non-hydrogen) atoms. The predicted octanol–water partition coefficient (Wildman–Crippen LogP) is 5.33. The molecule has 144 valence electrons. The van der Waals surface area contributed by atoms with Crippen LogP contribution in [-0.2, 0) is 16.2 Å². The maximum absolute atomic E-state index is 12.1. The zero-order valence-electron chi connectivity index (χ0n) is 14.5. The van der Waals surface area contributed by atoms with Crippen LogP contribution >= 0.6 is 46.6 Å². The Morgan fingerprint density at radius 2 is 1.89 bits per heavy atom. The molecule has 0 bridgehead atoms. The van der Waals surface area contributed by atoms with Crippen molar-refractivity contribution >= 4 is 69.6 Å². The van der Waals surface area contributed by atoms with Crippen LogP contribution in [0, 0.1) is 0 Å². The van der Waals surface area contributed by atoms with Crippen LogP contribution < -0.4 is 10.1 Å². The van der Waals surface area contributed by atoms with Crippen LogP contribution in [0.5, 0.6) is 5.75 Å². The van der Waals surface area contributed by atoms with Crippen LogP contribution in [0.2, 0.25) is 15.1 Å². The number of nitrogens with zero attached hydrogens (tertiary/aromatic N) is 1. The minimum Gasteiger partial charge on any atom is -0.488 e. The maximum Gasteiger partial charge on any atom is 0.286 e. The van der Waals surface area contributed by atoms with Crippen molar-refractivity contribution < 1.29 is 14.3 Å². The molecule has 1 heterocycles. The van der Waals surface area contributed by atoms with E-state index in [1.54, 1.807) is 42.5 Å². The van der Waals surface area contributed by atoms with E-state index in [0.717, 1.165) is 17.3 Å². The fraction of sp³-hybridized carbons (Fsp3) is 0.105. The lowest BCUT2D eigenvalue weighted by molar-refractivity contribution is -0.117. The van der Waals surface area contributed by atoms with Gasteiger partial charge in [-0.15, -0.1) is 0 Å². The van der Waals surface area contributed by atoms with E-state index < -0.39 is 5.91 Å². The van der Waals surface area contributed by atoms with Gasteiger partial charge in [-0.05, 0) is 48.2 Å². The predicted molar refractivity (Wildman–Crippen MR) is 114 cm³/mol. The quantitative estimate of drug-likeness (QED) is 0.633. The lowest BCUT2D eigenvalue weighted by Crippen LogP contribution is -2.23. The van der Waals surface area contributed by atoms with Gasteiger partial charge in [0, 0.05) is 33.1 Å². The number of hydrogen-bond acceptors (Lipinski definition) is 4. The summed E-state index contributed by atoms with van der Waals surface area (Å²) >= 11 is 19.3. The van der Waals surface area contributed by atoms with Crippen molar-refractivity contribution in [1.82, 2.24) is 5.32 Å². The summed E-state index contributed by atoms with van der Waals surface area (Å²) in [5.41, 5.74) is 1.37. The van der Waals surface area contributed by atoms with E-state index in [4.69, 9.17) is 39.5 Å². The smallest absolute Gasteiger partial charge is 0.286 e. The lowest BCUT2D eigenvalue weighted by atomic mass is 10.1. The Labute approximate surface area is 180 Å². The van der Waals surface area contributed by atoms with Crippen LogP contribution in [0.4, 0.5) is 0 Å². The summed E-state index contributed by atoms with van der Waals surface area (Å²) in [4.78, 5) is 27.4. The van der Waals surface area contributed by atoms with Crippen molar-refractivity contribution in [2.24, 2.45) is 4.99 Å². The van der Waals surface area contributed by atoms with Crippen molar-refractivity contribution in [3.8, 4) is 5.75 Å². The summed E-state index contributed by atoms with van der Waals surface area (Å²) < 4.78 is 5.88. The van der Waals surface area contributed by atoms with E-state index >= 15 is 0 Å². The second-order valence-corrected chi connectivity index (χ2v) is 8.03. The Bertz CT molecular complexity index is 1020. The number of carbonyl (C=O) groups is 2. The molecule has 0 unspecified atom stereocenters. The maximum atomic E-state index is 12.1. The van der Waals surface area contributed by atoms with E-state index in [1.165, 1.54) is 6.92 Å². The molecular weight excluding hydrogens is 443 g/mol. The van der Waals surface area contributed by atoms with Crippen LogP contribution in [0.1, 0.15) is 18.1 Å². The Morgan fingerprint density at radius 1 is 1.18 bits per heavy atom. The molecule has 0 aliphatic carbocycles. The van der Waals surface area contributed by atoms with E-state index in [2.05, 4.69) is 10.3 Å². The second kappa shape index (κ2) is 9.01. The van der Waals surface area contributed by atoms with Gasteiger partial charge in [0.15, 0.2) is 5.17 Å².